The molecule has 5 nitrogen and oxygen atoms in total. The lowest BCUT2D eigenvalue weighted by Gasteiger charge is -2.34. The summed E-state index contributed by atoms with van der Waals surface area (Å²) < 4.78 is 0. The Morgan fingerprint density at radius 2 is 1.88 bits per heavy atom. The number of aromatic carboxylic acids is 1. The summed E-state index contributed by atoms with van der Waals surface area (Å²) in [5, 5.41) is 9.81. The van der Waals surface area contributed by atoms with Crippen LogP contribution in [0, 0.1) is 0 Å². The molecule has 1 N–H and O–H groups in total. The van der Waals surface area contributed by atoms with E-state index < -0.39 is 5.97 Å². The van der Waals surface area contributed by atoms with Crippen molar-refractivity contribution in [2.24, 2.45) is 0 Å². The topological polar surface area (TPSA) is 60.9 Å². The lowest BCUT2D eigenvalue weighted by Crippen LogP contribution is -2.47. The number of carboxylic acid groups (broad SMARTS) is 1. The van der Waals surface area contributed by atoms with Crippen molar-refractivity contribution in [2.75, 3.05) is 31.1 Å². The van der Waals surface area contributed by atoms with Crippen molar-refractivity contribution >= 4 is 28.2 Å². The third kappa shape index (κ3) is 2.58. The molecule has 2 heterocycles. The first kappa shape index (κ1) is 11.9. The fourth-order valence-corrected chi connectivity index (χ4v) is 2.75. The second-order valence-corrected chi connectivity index (χ2v) is 5.00. The van der Waals surface area contributed by atoms with Crippen molar-refractivity contribution in [3.05, 3.63) is 17.0 Å². The standard InChI is InChI=1S/C11H14N2O3S/c1-8(14)12-4-6-13(7-5-12)10-3-2-9(17-10)11(15)16/h2-3H,4-7H2,1H3,(H,15,16). The fraction of sp³-hybridized carbons (Fsp3) is 0.455. The zero-order valence-corrected chi connectivity index (χ0v) is 10.4. The molecule has 17 heavy (non-hydrogen) atoms. The number of hydrogen-bond donors (Lipinski definition) is 1. The molecule has 1 aliphatic rings. The summed E-state index contributed by atoms with van der Waals surface area (Å²) in [6, 6.07) is 3.46. The third-order valence-corrected chi connectivity index (χ3v) is 3.97. The van der Waals surface area contributed by atoms with Gasteiger partial charge >= 0.3 is 5.97 Å². The third-order valence-electron chi connectivity index (χ3n) is 2.84. The predicted molar refractivity (Wildman–Crippen MR) is 65.7 cm³/mol. The molecular weight excluding hydrogens is 240 g/mol. The van der Waals surface area contributed by atoms with Crippen LogP contribution in [0.1, 0.15) is 16.6 Å². The monoisotopic (exact) mass is 254 g/mol. The van der Waals surface area contributed by atoms with Crippen LogP contribution in [0.4, 0.5) is 5.00 Å². The zero-order valence-electron chi connectivity index (χ0n) is 9.55. The van der Waals surface area contributed by atoms with E-state index in [1.807, 2.05) is 11.0 Å². The highest BCUT2D eigenvalue weighted by Gasteiger charge is 2.20. The van der Waals surface area contributed by atoms with Gasteiger partial charge in [-0.25, -0.2) is 4.79 Å². The molecule has 0 radical (unpaired) electrons. The Morgan fingerprint density at radius 1 is 1.24 bits per heavy atom. The zero-order chi connectivity index (χ0) is 12.4. The van der Waals surface area contributed by atoms with Gasteiger partial charge in [-0.05, 0) is 12.1 Å². The lowest BCUT2D eigenvalue weighted by molar-refractivity contribution is -0.129. The van der Waals surface area contributed by atoms with E-state index in [9.17, 15) is 9.59 Å². The molecule has 0 saturated carbocycles. The Morgan fingerprint density at radius 3 is 2.35 bits per heavy atom. The SMILES string of the molecule is CC(=O)N1CCN(c2ccc(C(=O)O)s2)CC1. The largest absolute Gasteiger partial charge is 0.477 e. The van der Waals surface area contributed by atoms with Crippen LogP contribution in [0.3, 0.4) is 0 Å². The molecule has 92 valence electrons. The first-order valence-corrected chi connectivity index (χ1v) is 6.23. The lowest BCUT2D eigenvalue weighted by atomic mass is 10.3. The number of nitrogens with zero attached hydrogens (tertiary/aromatic N) is 2. The van der Waals surface area contributed by atoms with Crippen LogP contribution in [0.25, 0.3) is 0 Å². The average molecular weight is 254 g/mol. The van der Waals surface area contributed by atoms with Gasteiger partial charge < -0.3 is 14.9 Å². The van der Waals surface area contributed by atoms with Crippen LogP contribution in [-0.2, 0) is 4.79 Å². The molecular formula is C11H14N2O3S. The van der Waals surface area contributed by atoms with Crippen molar-refractivity contribution in [3.8, 4) is 0 Å². The minimum absolute atomic E-state index is 0.0991. The number of carboxylic acids is 1. The number of hydrogen-bond acceptors (Lipinski definition) is 4. The van der Waals surface area contributed by atoms with Gasteiger partial charge in [0.05, 0.1) is 5.00 Å². The van der Waals surface area contributed by atoms with Gasteiger partial charge in [-0.1, -0.05) is 0 Å². The molecule has 0 aliphatic carbocycles. The van der Waals surface area contributed by atoms with E-state index in [-0.39, 0.29) is 5.91 Å². The molecule has 0 bridgehead atoms. The summed E-state index contributed by atoms with van der Waals surface area (Å²) in [6.45, 7) is 4.51. The molecule has 0 unspecified atom stereocenters. The maximum Gasteiger partial charge on any atom is 0.345 e. The number of thiophene rings is 1. The number of carbonyl (C=O) groups excluding carboxylic acids is 1. The van der Waals surface area contributed by atoms with E-state index in [2.05, 4.69) is 4.90 Å². The van der Waals surface area contributed by atoms with E-state index in [1.165, 1.54) is 11.3 Å². The Hall–Kier alpha value is -1.56. The summed E-state index contributed by atoms with van der Waals surface area (Å²) in [5.74, 6) is -0.786. The second kappa shape index (κ2) is 4.75. The van der Waals surface area contributed by atoms with Crippen LogP contribution < -0.4 is 4.90 Å². The molecule has 1 aromatic rings. The number of anilines is 1. The van der Waals surface area contributed by atoms with Crippen molar-refractivity contribution in [2.45, 2.75) is 6.92 Å². The van der Waals surface area contributed by atoms with E-state index in [0.29, 0.717) is 18.0 Å². The number of amides is 1. The smallest absolute Gasteiger partial charge is 0.345 e. The highest BCUT2D eigenvalue weighted by atomic mass is 32.1. The van der Waals surface area contributed by atoms with Crippen LogP contribution in [-0.4, -0.2) is 48.1 Å². The van der Waals surface area contributed by atoms with Crippen molar-refractivity contribution in [1.29, 1.82) is 0 Å². The molecule has 1 fully saturated rings. The minimum atomic E-state index is -0.886. The normalized spacial score (nSPS) is 16.1. The Balaban J connectivity index is 2.00. The molecule has 0 atom stereocenters. The van der Waals surface area contributed by atoms with Gasteiger partial charge in [0.15, 0.2) is 0 Å². The van der Waals surface area contributed by atoms with Gasteiger partial charge in [-0.3, -0.25) is 4.79 Å². The quantitative estimate of drug-likeness (QED) is 0.859. The maximum atomic E-state index is 11.2. The average Bonchev–Trinajstić information content (AvgIpc) is 2.78. The van der Waals surface area contributed by atoms with Crippen LogP contribution in [0.2, 0.25) is 0 Å². The van der Waals surface area contributed by atoms with E-state index in [0.717, 1.165) is 18.1 Å². The van der Waals surface area contributed by atoms with Gasteiger partial charge in [0.2, 0.25) is 5.91 Å². The highest BCUT2D eigenvalue weighted by Crippen LogP contribution is 2.26. The maximum absolute atomic E-state index is 11.2. The molecule has 2 rings (SSSR count). The van der Waals surface area contributed by atoms with Crippen LogP contribution in [0.5, 0.6) is 0 Å². The van der Waals surface area contributed by atoms with Gasteiger partial charge in [0.25, 0.3) is 0 Å². The molecule has 1 aromatic heterocycles. The van der Waals surface area contributed by atoms with E-state index in [1.54, 1.807) is 13.0 Å². The van der Waals surface area contributed by atoms with E-state index in [4.69, 9.17) is 5.11 Å². The summed E-state index contributed by atoms with van der Waals surface area (Å²) in [6.07, 6.45) is 0. The first-order chi connectivity index (χ1) is 8.08. The van der Waals surface area contributed by atoms with Crippen molar-refractivity contribution in [3.63, 3.8) is 0 Å². The molecule has 1 amide bonds. The summed E-state index contributed by atoms with van der Waals surface area (Å²) in [4.78, 5) is 26.2. The van der Waals surface area contributed by atoms with Gasteiger partial charge in [0.1, 0.15) is 4.88 Å². The number of carbonyl (C=O) groups is 2. The van der Waals surface area contributed by atoms with Crippen molar-refractivity contribution in [1.82, 2.24) is 4.90 Å². The van der Waals surface area contributed by atoms with Gasteiger partial charge in [-0.2, -0.15) is 0 Å². The Bertz CT molecular complexity index is 436. The summed E-state index contributed by atoms with van der Waals surface area (Å²) in [5.41, 5.74) is 0. The Kier molecular flexibility index (Phi) is 3.33. The number of rotatable bonds is 2. The number of piperazine rings is 1. The second-order valence-electron chi connectivity index (χ2n) is 3.94. The Labute approximate surface area is 103 Å². The highest BCUT2D eigenvalue weighted by molar-refractivity contribution is 7.17. The molecule has 0 aromatic carbocycles. The first-order valence-electron chi connectivity index (χ1n) is 5.41. The minimum Gasteiger partial charge on any atom is -0.477 e. The van der Waals surface area contributed by atoms with E-state index >= 15 is 0 Å². The van der Waals surface area contributed by atoms with Gasteiger partial charge in [-0.15, -0.1) is 11.3 Å². The fourth-order valence-electron chi connectivity index (χ4n) is 1.85. The summed E-state index contributed by atoms with van der Waals surface area (Å²) in [7, 11) is 0. The summed E-state index contributed by atoms with van der Waals surface area (Å²) >= 11 is 1.28. The molecule has 0 spiro atoms. The van der Waals surface area contributed by atoms with Crippen LogP contribution >= 0.6 is 11.3 Å². The molecule has 1 saturated heterocycles. The van der Waals surface area contributed by atoms with Crippen molar-refractivity contribution < 1.29 is 14.7 Å². The molecule has 1 aliphatic heterocycles. The predicted octanol–water partition coefficient (Wildman–Crippen LogP) is 1.11. The van der Waals surface area contributed by atoms with Crippen LogP contribution in [0.15, 0.2) is 12.1 Å². The molecule has 6 heteroatoms. The van der Waals surface area contributed by atoms with Gasteiger partial charge in [0, 0.05) is 33.1 Å².